The van der Waals surface area contributed by atoms with Crippen LogP contribution in [0.5, 0.6) is 0 Å². The van der Waals surface area contributed by atoms with E-state index in [-0.39, 0.29) is 11.9 Å². The van der Waals surface area contributed by atoms with Crippen LogP contribution in [0.15, 0.2) is 45.7 Å². The first-order valence-electron chi connectivity index (χ1n) is 6.78. The van der Waals surface area contributed by atoms with Gasteiger partial charge in [-0.3, -0.25) is 4.79 Å². The molecular formula is C16H16BrNO2. The van der Waals surface area contributed by atoms with Gasteiger partial charge in [0.25, 0.3) is 5.91 Å². The summed E-state index contributed by atoms with van der Waals surface area (Å²) < 4.78 is 5.69. The summed E-state index contributed by atoms with van der Waals surface area (Å²) in [7, 11) is 0. The van der Waals surface area contributed by atoms with Crippen molar-refractivity contribution in [1.82, 2.24) is 4.90 Å². The molecule has 0 aliphatic carbocycles. The number of carbonyl (C=O) groups is 1. The number of hydrogen-bond donors (Lipinski definition) is 0. The molecule has 1 fully saturated rings. The first-order valence-corrected chi connectivity index (χ1v) is 7.57. The van der Waals surface area contributed by atoms with Crippen LogP contribution in [0.1, 0.15) is 40.4 Å². The lowest BCUT2D eigenvalue weighted by Gasteiger charge is -2.26. The minimum Gasteiger partial charge on any atom is -0.457 e. The molecule has 3 rings (SSSR count). The Morgan fingerprint density at radius 1 is 1.35 bits per heavy atom. The predicted molar refractivity (Wildman–Crippen MR) is 80.6 cm³/mol. The molecule has 0 N–H and O–H groups in total. The number of furan rings is 1. The summed E-state index contributed by atoms with van der Waals surface area (Å²) in [6.45, 7) is 2.90. The van der Waals surface area contributed by atoms with E-state index in [0.29, 0.717) is 10.2 Å². The number of amides is 1. The van der Waals surface area contributed by atoms with Gasteiger partial charge in [-0.15, -0.1) is 0 Å². The Kier molecular flexibility index (Phi) is 3.66. The van der Waals surface area contributed by atoms with Crippen molar-refractivity contribution in [3.63, 3.8) is 0 Å². The highest BCUT2D eigenvalue weighted by Gasteiger charge is 2.32. The second-order valence-corrected chi connectivity index (χ2v) is 5.84. The van der Waals surface area contributed by atoms with Crippen molar-refractivity contribution in [1.29, 1.82) is 0 Å². The molecule has 0 bridgehead atoms. The molecule has 1 aromatic carbocycles. The minimum absolute atomic E-state index is 0.0383. The third kappa shape index (κ3) is 2.29. The summed E-state index contributed by atoms with van der Waals surface area (Å²) in [6, 6.07) is 10.2. The molecule has 1 aliphatic heterocycles. The number of nitrogens with zero attached hydrogens (tertiary/aromatic N) is 1. The molecule has 0 radical (unpaired) electrons. The number of carbonyl (C=O) groups excluding carboxylic acids is 1. The van der Waals surface area contributed by atoms with Gasteiger partial charge < -0.3 is 9.32 Å². The number of aryl methyl sites for hydroxylation is 1. The zero-order chi connectivity index (χ0) is 14.1. The minimum atomic E-state index is 0.0383. The van der Waals surface area contributed by atoms with Crippen LogP contribution in [0, 0.1) is 6.92 Å². The third-order valence-corrected chi connectivity index (χ3v) is 4.52. The van der Waals surface area contributed by atoms with Crippen LogP contribution in [-0.4, -0.2) is 17.4 Å². The standard InChI is InChI=1S/C16H16BrNO2/c1-11-5-2-3-6-12(11)14-7-4-9-18(14)16(19)13-8-10-20-15(13)17/h2-3,5-6,8,10,14H,4,7,9H2,1H3. The number of hydrogen-bond acceptors (Lipinski definition) is 2. The molecule has 0 saturated carbocycles. The Labute approximate surface area is 126 Å². The van der Waals surface area contributed by atoms with Gasteiger partial charge in [-0.1, -0.05) is 24.3 Å². The molecule has 1 amide bonds. The fourth-order valence-electron chi connectivity index (χ4n) is 2.89. The van der Waals surface area contributed by atoms with E-state index in [1.807, 2.05) is 17.0 Å². The fourth-order valence-corrected chi connectivity index (χ4v) is 3.30. The topological polar surface area (TPSA) is 33.5 Å². The quantitative estimate of drug-likeness (QED) is 0.819. The molecule has 1 saturated heterocycles. The van der Waals surface area contributed by atoms with Gasteiger partial charge in [-0.2, -0.15) is 0 Å². The lowest BCUT2D eigenvalue weighted by Crippen LogP contribution is -2.30. The second kappa shape index (κ2) is 5.44. The Balaban J connectivity index is 1.92. The molecule has 1 aliphatic rings. The Morgan fingerprint density at radius 3 is 2.85 bits per heavy atom. The maximum Gasteiger partial charge on any atom is 0.258 e. The van der Waals surface area contributed by atoms with Crippen LogP contribution in [0.3, 0.4) is 0 Å². The molecule has 20 heavy (non-hydrogen) atoms. The molecule has 0 spiro atoms. The van der Waals surface area contributed by atoms with Gasteiger partial charge in [0.1, 0.15) is 0 Å². The van der Waals surface area contributed by atoms with Crippen molar-refractivity contribution in [3.8, 4) is 0 Å². The van der Waals surface area contributed by atoms with Gasteiger partial charge in [0.15, 0.2) is 4.67 Å². The van der Waals surface area contributed by atoms with Crippen LogP contribution in [0.4, 0.5) is 0 Å². The van der Waals surface area contributed by atoms with Crippen LogP contribution in [-0.2, 0) is 0 Å². The summed E-state index contributed by atoms with van der Waals surface area (Å²) in [4.78, 5) is 14.6. The normalized spacial score (nSPS) is 18.5. The summed E-state index contributed by atoms with van der Waals surface area (Å²) in [6.07, 6.45) is 3.60. The molecule has 3 nitrogen and oxygen atoms in total. The van der Waals surface area contributed by atoms with Crippen LogP contribution in [0.2, 0.25) is 0 Å². The van der Waals surface area contributed by atoms with Crippen molar-refractivity contribution >= 4 is 21.8 Å². The van der Waals surface area contributed by atoms with Gasteiger partial charge >= 0.3 is 0 Å². The van der Waals surface area contributed by atoms with E-state index < -0.39 is 0 Å². The summed E-state index contributed by atoms with van der Waals surface area (Å²) in [5.41, 5.74) is 3.09. The molecule has 1 unspecified atom stereocenters. The highest BCUT2D eigenvalue weighted by molar-refractivity contribution is 9.10. The van der Waals surface area contributed by atoms with Gasteiger partial charge in [-0.25, -0.2) is 0 Å². The Hall–Kier alpha value is -1.55. The Bertz CT molecular complexity index is 635. The van der Waals surface area contributed by atoms with E-state index >= 15 is 0 Å². The fraction of sp³-hybridized carbons (Fsp3) is 0.312. The maximum atomic E-state index is 12.7. The van der Waals surface area contributed by atoms with Crippen molar-refractivity contribution in [2.24, 2.45) is 0 Å². The van der Waals surface area contributed by atoms with Gasteiger partial charge in [0.2, 0.25) is 0 Å². The van der Waals surface area contributed by atoms with E-state index in [1.165, 1.54) is 17.4 Å². The average Bonchev–Trinajstić information content (AvgIpc) is 3.07. The summed E-state index contributed by atoms with van der Waals surface area (Å²) in [5, 5.41) is 0. The van der Waals surface area contributed by atoms with Crippen molar-refractivity contribution < 1.29 is 9.21 Å². The monoisotopic (exact) mass is 333 g/mol. The lowest BCUT2D eigenvalue weighted by atomic mass is 9.99. The number of halogens is 1. The zero-order valence-electron chi connectivity index (χ0n) is 11.3. The van der Waals surface area contributed by atoms with E-state index in [1.54, 1.807) is 6.07 Å². The van der Waals surface area contributed by atoms with Crippen LogP contribution < -0.4 is 0 Å². The highest BCUT2D eigenvalue weighted by atomic mass is 79.9. The molecule has 1 atom stereocenters. The lowest BCUT2D eigenvalue weighted by molar-refractivity contribution is 0.0733. The number of benzene rings is 1. The smallest absolute Gasteiger partial charge is 0.258 e. The van der Waals surface area contributed by atoms with Crippen molar-refractivity contribution in [2.45, 2.75) is 25.8 Å². The third-order valence-electron chi connectivity index (χ3n) is 3.91. The zero-order valence-corrected chi connectivity index (χ0v) is 12.9. The van der Waals surface area contributed by atoms with Gasteiger partial charge in [0, 0.05) is 6.54 Å². The van der Waals surface area contributed by atoms with Gasteiger partial charge in [0.05, 0.1) is 17.9 Å². The molecule has 1 aromatic heterocycles. The molecular weight excluding hydrogens is 318 g/mol. The van der Waals surface area contributed by atoms with E-state index in [4.69, 9.17) is 4.42 Å². The van der Waals surface area contributed by atoms with Crippen molar-refractivity contribution in [3.05, 3.63) is 58.0 Å². The SMILES string of the molecule is Cc1ccccc1C1CCCN1C(=O)c1ccoc1Br. The van der Waals surface area contributed by atoms with E-state index in [0.717, 1.165) is 19.4 Å². The molecule has 2 aromatic rings. The number of likely N-dealkylation sites (tertiary alicyclic amines) is 1. The number of rotatable bonds is 2. The molecule has 4 heteroatoms. The largest absolute Gasteiger partial charge is 0.457 e. The first kappa shape index (κ1) is 13.4. The summed E-state index contributed by atoms with van der Waals surface area (Å²) in [5.74, 6) is 0.0383. The van der Waals surface area contributed by atoms with E-state index in [9.17, 15) is 4.79 Å². The average molecular weight is 334 g/mol. The van der Waals surface area contributed by atoms with Gasteiger partial charge in [-0.05, 0) is 52.9 Å². The van der Waals surface area contributed by atoms with Crippen LogP contribution in [0.25, 0.3) is 0 Å². The highest BCUT2D eigenvalue weighted by Crippen LogP contribution is 2.35. The maximum absolute atomic E-state index is 12.7. The molecule has 104 valence electrons. The van der Waals surface area contributed by atoms with Crippen molar-refractivity contribution in [2.75, 3.05) is 6.54 Å². The predicted octanol–water partition coefficient (Wildman–Crippen LogP) is 4.33. The van der Waals surface area contributed by atoms with Crippen LogP contribution >= 0.6 is 15.9 Å². The Morgan fingerprint density at radius 2 is 2.15 bits per heavy atom. The molecule has 2 heterocycles. The second-order valence-electron chi connectivity index (χ2n) is 5.12. The summed E-state index contributed by atoms with van der Waals surface area (Å²) >= 11 is 3.29. The first-order chi connectivity index (χ1) is 9.68. The van der Waals surface area contributed by atoms with E-state index in [2.05, 4.69) is 35.0 Å².